The molecule has 1 fully saturated rings. The van der Waals surface area contributed by atoms with Gasteiger partial charge in [0.05, 0.1) is 5.02 Å². The molecule has 214 valence electrons. The Morgan fingerprint density at radius 2 is 1.93 bits per heavy atom. The van der Waals surface area contributed by atoms with E-state index in [0.717, 1.165) is 50.3 Å². The van der Waals surface area contributed by atoms with E-state index < -0.39 is 58.5 Å². The Bertz CT molecular complexity index is 1330. The topological polar surface area (TPSA) is 93.8 Å². The number of benzene rings is 2. The van der Waals surface area contributed by atoms with Gasteiger partial charge in [-0.05, 0) is 18.4 Å². The highest BCUT2D eigenvalue weighted by atomic mass is 35.5. The van der Waals surface area contributed by atoms with E-state index in [1.807, 2.05) is 0 Å². The van der Waals surface area contributed by atoms with Crippen molar-refractivity contribution >= 4 is 23.1 Å². The molecule has 0 saturated heterocycles. The third-order valence-electron chi connectivity index (χ3n) is 7.85. The van der Waals surface area contributed by atoms with Crippen molar-refractivity contribution in [1.82, 2.24) is 5.32 Å². The van der Waals surface area contributed by atoms with E-state index in [1.165, 1.54) is 0 Å². The molecule has 40 heavy (non-hydrogen) atoms. The van der Waals surface area contributed by atoms with Crippen LogP contribution in [0.1, 0.15) is 54.9 Å². The summed E-state index contributed by atoms with van der Waals surface area (Å²) in [6.45, 7) is -3.21. The Kier molecular flexibility index (Phi) is 8.24. The molecule has 6 nitrogen and oxygen atoms in total. The van der Waals surface area contributed by atoms with Crippen LogP contribution < -0.4 is 15.8 Å². The molecule has 3 aliphatic rings. The smallest absolute Gasteiger partial charge is 0.345 e. The number of fused-ring (bicyclic) bond motifs is 1. The molecule has 2 aliphatic carbocycles. The summed E-state index contributed by atoms with van der Waals surface area (Å²) >= 11 is 6.38. The molecule has 4 atom stereocenters. The first-order valence-corrected chi connectivity index (χ1v) is 13.5. The largest absolute Gasteiger partial charge is 0.478 e. The fourth-order valence-electron chi connectivity index (χ4n) is 5.91. The molecule has 11 heteroatoms. The zero-order valence-corrected chi connectivity index (χ0v) is 22.1. The van der Waals surface area contributed by atoms with E-state index in [9.17, 15) is 18.7 Å². The predicted molar refractivity (Wildman–Crippen MR) is 141 cm³/mol. The van der Waals surface area contributed by atoms with Crippen LogP contribution in [0.15, 0.2) is 54.1 Å². The summed E-state index contributed by atoms with van der Waals surface area (Å²) in [5.41, 5.74) is 3.15. The number of halogens is 5. The van der Waals surface area contributed by atoms with E-state index in [4.69, 9.17) is 22.1 Å². The molecule has 1 saturated carbocycles. The van der Waals surface area contributed by atoms with Crippen LogP contribution in [0.4, 0.5) is 17.6 Å². The van der Waals surface area contributed by atoms with Gasteiger partial charge in [0.15, 0.2) is 11.8 Å². The number of ether oxygens (including phenoxy) is 2. The van der Waals surface area contributed by atoms with Gasteiger partial charge in [0.1, 0.15) is 23.8 Å². The van der Waals surface area contributed by atoms with E-state index >= 15 is 8.78 Å². The Labute approximate surface area is 233 Å². The second-order valence-corrected chi connectivity index (χ2v) is 10.6. The van der Waals surface area contributed by atoms with Gasteiger partial charge in [-0.1, -0.05) is 73.3 Å². The maximum atomic E-state index is 15.9. The first kappa shape index (κ1) is 28.6. The van der Waals surface area contributed by atoms with Crippen molar-refractivity contribution in [1.29, 1.82) is 0 Å². The molecule has 1 aliphatic heterocycles. The van der Waals surface area contributed by atoms with Crippen molar-refractivity contribution in [3.05, 3.63) is 81.7 Å². The number of aliphatic hydroxyl groups is 1. The summed E-state index contributed by atoms with van der Waals surface area (Å²) in [6, 6.07) is 9.96. The molecule has 1 amide bonds. The average molecular weight is 581 g/mol. The number of amides is 1. The third kappa shape index (κ3) is 5.13. The highest BCUT2D eigenvalue weighted by Gasteiger charge is 2.52. The lowest BCUT2D eigenvalue weighted by Gasteiger charge is -2.35. The number of aliphatic hydroxyl groups excluding tert-OH is 1. The number of hydrogen-bond donors (Lipinski definition) is 3. The lowest BCUT2D eigenvalue weighted by atomic mass is 9.80. The summed E-state index contributed by atoms with van der Waals surface area (Å²) in [5.74, 6) is -2.24. The van der Waals surface area contributed by atoms with Gasteiger partial charge in [-0.3, -0.25) is 4.79 Å². The average Bonchev–Trinajstić information content (AvgIpc) is 3.22. The normalized spacial score (nSPS) is 26.7. The first-order valence-electron chi connectivity index (χ1n) is 13.1. The number of rotatable bonds is 8. The number of carbonyl (C=O) groups excluding carboxylic acids is 1. The van der Waals surface area contributed by atoms with Gasteiger partial charge < -0.3 is 25.6 Å². The number of carbonyl (C=O) groups is 1. The third-order valence-corrected chi connectivity index (χ3v) is 8.22. The molecule has 2 aromatic rings. The number of nitrogens with two attached hydrogens (primary N) is 1. The monoisotopic (exact) mass is 580 g/mol. The van der Waals surface area contributed by atoms with Crippen LogP contribution in [0.2, 0.25) is 5.02 Å². The van der Waals surface area contributed by atoms with E-state index in [-0.39, 0.29) is 29.5 Å². The van der Waals surface area contributed by atoms with Gasteiger partial charge in [-0.15, -0.1) is 0 Å². The van der Waals surface area contributed by atoms with Crippen LogP contribution in [0.5, 0.6) is 5.75 Å². The fraction of sp³-hybridized carbons (Fsp3) is 0.414. The summed E-state index contributed by atoms with van der Waals surface area (Å²) in [7, 11) is 0. The summed E-state index contributed by atoms with van der Waals surface area (Å²) in [6.07, 6.45) is 1.37. The molecular formula is C29H29ClF4N2O4. The summed E-state index contributed by atoms with van der Waals surface area (Å²) in [4.78, 5) is 12.3. The molecule has 5 rings (SSSR count). The van der Waals surface area contributed by atoms with E-state index in [2.05, 4.69) is 10.1 Å². The van der Waals surface area contributed by atoms with Gasteiger partial charge in [0.2, 0.25) is 5.91 Å². The predicted octanol–water partition coefficient (Wildman–Crippen LogP) is 5.48. The molecule has 2 aromatic carbocycles. The Balaban J connectivity index is 1.66. The SMILES string of the molecule is NC(=O)C1=C(c2c(Cl)c(F)cc3c2[C@H](O)[C@@](CNC2CCCCC2)(c2ccccc2)O3)C(F)[C@@H](OC(F)F)C=C1. The van der Waals surface area contributed by atoms with Crippen molar-refractivity contribution in [3.8, 4) is 5.75 Å². The van der Waals surface area contributed by atoms with Crippen LogP contribution in [-0.2, 0) is 15.1 Å². The molecule has 0 radical (unpaired) electrons. The van der Waals surface area contributed by atoms with Crippen molar-refractivity contribution in [2.45, 2.75) is 68.7 Å². The zero-order valence-electron chi connectivity index (χ0n) is 21.4. The van der Waals surface area contributed by atoms with Crippen LogP contribution in [0.25, 0.3) is 5.57 Å². The standard InChI is InChI=1S/C29H29ClF4N2O4/c30-24-18(31)13-20-22(23(24)21-17(27(35)38)11-12-19(25(21)32)39-28(33)34)26(37)29(40-20,15-7-3-1-4-8-15)14-36-16-9-5-2-6-10-16/h1,3-4,7-8,11-13,16,19,25-26,28,36-37H,2,5-6,9-10,14H2,(H2,35,38)/t19-,25?,26-,29+/m0/s1. The quantitative estimate of drug-likeness (QED) is 0.360. The van der Waals surface area contributed by atoms with Crippen LogP contribution >= 0.6 is 11.6 Å². The molecular weight excluding hydrogens is 552 g/mol. The highest BCUT2D eigenvalue weighted by molar-refractivity contribution is 6.33. The van der Waals surface area contributed by atoms with Crippen LogP contribution in [0.3, 0.4) is 0 Å². The Morgan fingerprint density at radius 3 is 2.58 bits per heavy atom. The number of nitrogens with one attached hydrogen (secondary N) is 1. The summed E-state index contributed by atoms with van der Waals surface area (Å²) < 4.78 is 68.0. The second kappa shape index (κ2) is 11.5. The van der Waals surface area contributed by atoms with Gasteiger partial charge in [0.25, 0.3) is 0 Å². The lowest BCUT2D eigenvalue weighted by molar-refractivity contribution is -0.159. The van der Waals surface area contributed by atoms with Crippen molar-refractivity contribution in [3.63, 3.8) is 0 Å². The minimum absolute atomic E-state index is 0.0804. The maximum absolute atomic E-state index is 15.9. The van der Waals surface area contributed by atoms with Gasteiger partial charge in [-0.2, -0.15) is 8.78 Å². The maximum Gasteiger partial charge on any atom is 0.345 e. The zero-order chi connectivity index (χ0) is 28.6. The van der Waals surface area contributed by atoms with Gasteiger partial charge in [-0.25, -0.2) is 8.78 Å². The highest BCUT2D eigenvalue weighted by Crippen LogP contribution is 2.55. The molecule has 0 aromatic heterocycles. The molecule has 1 unspecified atom stereocenters. The molecule has 1 heterocycles. The van der Waals surface area contributed by atoms with Crippen LogP contribution in [-0.4, -0.2) is 42.5 Å². The molecule has 0 spiro atoms. The second-order valence-electron chi connectivity index (χ2n) is 10.2. The number of alkyl halides is 3. The number of primary amides is 1. The molecule has 4 N–H and O–H groups in total. The lowest BCUT2D eigenvalue weighted by Crippen LogP contribution is -2.48. The van der Waals surface area contributed by atoms with Gasteiger partial charge in [0, 0.05) is 40.9 Å². The Hall–Kier alpha value is -2.92. The van der Waals surface area contributed by atoms with E-state index in [0.29, 0.717) is 5.56 Å². The van der Waals surface area contributed by atoms with Crippen LogP contribution in [0, 0.1) is 5.82 Å². The fourth-order valence-corrected chi connectivity index (χ4v) is 6.17. The molecule has 0 bridgehead atoms. The van der Waals surface area contributed by atoms with Gasteiger partial charge >= 0.3 is 6.61 Å². The Morgan fingerprint density at radius 1 is 1.23 bits per heavy atom. The minimum Gasteiger partial charge on any atom is -0.478 e. The summed E-state index contributed by atoms with van der Waals surface area (Å²) in [5, 5.41) is 14.8. The van der Waals surface area contributed by atoms with E-state index in [1.54, 1.807) is 30.3 Å². The van der Waals surface area contributed by atoms with Crippen molar-refractivity contribution in [2.24, 2.45) is 5.73 Å². The van der Waals surface area contributed by atoms with Crippen molar-refractivity contribution in [2.75, 3.05) is 6.54 Å². The first-order chi connectivity index (χ1) is 19.1. The number of hydrogen-bond acceptors (Lipinski definition) is 5. The minimum atomic E-state index is -3.33. The van der Waals surface area contributed by atoms with Crippen molar-refractivity contribution < 1.29 is 36.9 Å².